The summed E-state index contributed by atoms with van der Waals surface area (Å²) in [4.78, 5) is 35.3. The highest BCUT2D eigenvalue weighted by Crippen LogP contribution is 2.34. The summed E-state index contributed by atoms with van der Waals surface area (Å²) < 4.78 is 72.1. The number of aliphatic hydroxyl groups is 9. The third-order valence-corrected chi connectivity index (χ3v) is 9.02. The Labute approximate surface area is 297 Å². The number of carbonyl (C=O) groups excluding carboxylic acids is 1. The van der Waals surface area contributed by atoms with Gasteiger partial charge in [-0.15, -0.1) is 0 Å². The molecule has 0 aromatic rings. The highest BCUT2D eigenvalue weighted by atomic mass is 32.2. The summed E-state index contributed by atoms with van der Waals surface area (Å²) >= 11 is 0. The summed E-state index contributed by atoms with van der Waals surface area (Å²) in [6, 6.07) is -3.83. The number of hydrogen-bond donors (Lipinski definition) is 14. The molecule has 0 saturated carbocycles. The van der Waals surface area contributed by atoms with E-state index in [-0.39, 0.29) is 0 Å². The summed E-state index contributed by atoms with van der Waals surface area (Å²) in [5.41, 5.74) is 0. The van der Waals surface area contributed by atoms with Crippen molar-refractivity contribution in [2.45, 2.75) is 117 Å². The Balaban J connectivity index is 1.58. The zero-order valence-electron chi connectivity index (χ0n) is 27.1. The topological polar surface area (TPSA) is 417 Å². The summed E-state index contributed by atoms with van der Waals surface area (Å²) in [5.74, 6) is -5.30. The maximum atomic E-state index is 12.3. The Morgan fingerprint density at radius 3 is 1.81 bits per heavy atom. The third kappa shape index (κ3) is 9.73. The van der Waals surface area contributed by atoms with Crippen molar-refractivity contribution in [2.24, 2.45) is 0 Å². The molecule has 4 aliphatic rings. The molecule has 0 bridgehead atoms. The molecule has 1 amide bonds. The van der Waals surface area contributed by atoms with E-state index < -0.39 is 158 Å². The van der Waals surface area contributed by atoms with E-state index in [2.05, 4.69) is 5.32 Å². The maximum absolute atomic E-state index is 12.3. The number of amides is 1. The molecule has 14 N–H and O–H groups in total. The van der Waals surface area contributed by atoms with E-state index in [0.717, 1.165) is 6.92 Å². The van der Waals surface area contributed by atoms with Crippen molar-refractivity contribution in [3.63, 3.8) is 0 Å². The van der Waals surface area contributed by atoms with E-state index in [1.807, 2.05) is 0 Å². The second-order valence-electron chi connectivity index (χ2n) is 12.1. The van der Waals surface area contributed by atoms with E-state index in [0.29, 0.717) is 6.08 Å². The number of rotatable bonds is 13. The molecule has 0 radical (unpaired) electrons. The minimum Gasteiger partial charge on any atom is -0.479 e. The van der Waals surface area contributed by atoms with Gasteiger partial charge in [-0.1, -0.05) is 0 Å². The van der Waals surface area contributed by atoms with Crippen LogP contribution in [0.15, 0.2) is 11.8 Å². The molecule has 26 nitrogen and oxygen atoms in total. The highest BCUT2D eigenvalue weighted by molar-refractivity contribution is 7.83. The van der Waals surface area contributed by atoms with Crippen LogP contribution in [0.2, 0.25) is 0 Å². The highest BCUT2D eigenvalue weighted by Gasteiger charge is 2.56. The molecule has 4 rings (SSSR count). The lowest BCUT2D eigenvalue weighted by Gasteiger charge is -2.49. The minimum atomic E-state index is -5.33. The van der Waals surface area contributed by atoms with Crippen molar-refractivity contribution < 1.29 is 117 Å². The van der Waals surface area contributed by atoms with Crippen LogP contribution in [0.3, 0.4) is 0 Å². The maximum Gasteiger partial charge on any atom is 0.371 e. The van der Waals surface area contributed by atoms with Crippen LogP contribution in [0.25, 0.3) is 0 Å². The number of aliphatic carboxylic acids is 2. The summed E-state index contributed by atoms with van der Waals surface area (Å²) in [6.45, 7) is -1.04. The second kappa shape index (κ2) is 17.3. The minimum absolute atomic E-state index is 0.611. The van der Waals surface area contributed by atoms with Crippen LogP contribution in [0, 0.1) is 0 Å². The van der Waals surface area contributed by atoms with Gasteiger partial charge >= 0.3 is 22.2 Å². The SMILES string of the molecule is CC(=O)N[C@H]1C(O)O[C@H](CO)[C@@H](OC2OC(C(=O)O)C(O[C@H]3O[C@H](CO)[C@@H](O[C@@H]4OC(C(=O)O)=C[C@H](O)[C@H]4O)[C@H](O)[C@H]3NS(=O)(=O)O)C(O)C2O)[C@@H]1O. The molecule has 304 valence electrons. The molecule has 6 unspecified atom stereocenters. The largest absolute Gasteiger partial charge is 0.479 e. The monoisotopic (exact) mass is 796 g/mol. The number of carboxylic acid groups (broad SMARTS) is 2. The van der Waals surface area contributed by atoms with Crippen molar-refractivity contribution in [1.82, 2.24) is 10.0 Å². The molecule has 27 heteroatoms. The number of carboxylic acids is 2. The van der Waals surface area contributed by atoms with E-state index in [9.17, 15) is 83.5 Å². The summed E-state index contributed by atoms with van der Waals surface area (Å²) in [7, 11) is -5.33. The Kier molecular flexibility index (Phi) is 14.1. The van der Waals surface area contributed by atoms with Gasteiger partial charge in [0.1, 0.15) is 79.2 Å². The average molecular weight is 797 g/mol. The second-order valence-corrected chi connectivity index (χ2v) is 13.3. The lowest BCUT2D eigenvalue weighted by molar-refractivity contribution is -0.365. The van der Waals surface area contributed by atoms with Gasteiger partial charge in [0.25, 0.3) is 0 Å². The lowest BCUT2D eigenvalue weighted by atomic mass is 9.94. The Morgan fingerprint density at radius 2 is 1.28 bits per heavy atom. The fourth-order valence-electron chi connectivity index (χ4n) is 5.93. The van der Waals surface area contributed by atoms with Crippen LogP contribution >= 0.6 is 0 Å². The average Bonchev–Trinajstić information content (AvgIpc) is 3.07. The number of nitrogens with one attached hydrogen (secondary N) is 2. The standard InChI is InChI=1S/C26H40N2O24S/c1-5(31)27-10-13(34)17(8(3-29)46-23(10)42)50-26-16(37)15(36)19(20(52-26)22(40)41)51-24-11(28-53(43,44)45)14(35)18(9(4-30)48-24)49-25-12(33)6(32)2-7(47-25)21(38)39/h2,6,8-20,23-26,28-30,32-37,42H,3-4H2,1H3,(H,27,31)(H,38,39)(H,40,41)(H,43,44,45)/t6-,8+,9+,10+,11+,12+,13+,14+,15?,16?,17+,18+,19?,20?,23?,24+,25-,26?/m0/s1. The van der Waals surface area contributed by atoms with Gasteiger partial charge in [-0.25, -0.2) is 9.59 Å². The molecule has 53 heavy (non-hydrogen) atoms. The molecular weight excluding hydrogens is 756 g/mol. The van der Waals surface area contributed by atoms with Crippen molar-refractivity contribution in [3.05, 3.63) is 11.8 Å². The van der Waals surface area contributed by atoms with Crippen LogP contribution in [0.4, 0.5) is 0 Å². The third-order valence-electron chi connectivity index (χ3n) is 8.45. The molecule has 18 atom stereocenters. The van der Waals surface area contributed by atoms with Crippen LogP contribution in [-0.4, -0.2) is 211 Å². The first-order valence-electron chi connectivity index (χ1n) is 15.5. The Morgan fingerprint density at radius 1 is 0.736 bits per heavy atom. The molecule has 3 fully saturated rings. The van der Waals surface area contributed by atoms with Gasteiger partial charge in [0.15, 0.2) is 25.0 Å². The fourth-order valence-corrected chi connectivity index (χ4v) is 6.53. The van der Waals surface area contributed by atoms with Gasteiger partial charge in [0.05, 0.1) is 13.2 Å². The Hall–Kier alpha value is -2.78. The summed E-state index contributed by atoms with van der Waals surface area (Å²) in [5, 5.41) is 116. The van der Waals surface area contributed by atoms with E-state index in [1.54, 1.807) is 0 Å². The molecule has 3 saturated heterocycles. The normalized spacial score (nSPS) is 43.6. The predicted octanol–water partition coefficient (Wildman–Crippen LogP) is -8.87. The number of hydrogen-bond acceptors (Lipinski definition) is 21. The molecule has 4 heterocycles. The van der Waals surface area contributed by atoms with Crippen molar-refractivity contribution >= 4 is 28.1 Å². The van der Waals surface area contributed by atoms with Crippen LogP contribution in [0.5, 0.6) is 0 Å². The first-order valence-corrected chi connectivity index (χ1v) is 16.9. The summed E-state index contributed by atoms with van der Waals surface area (Å²) in [6.07, 6.45) is -32.5. The van der Waals surface area contributed by atoms with E-state index >= 15 is 0 Å². The van der Waals surface area contributed by atoms with Crippen molar-refractivity contribution in [3.8, 4) is 0 Å². The van der Waals surface area contributed by atoms with Crippen LogP contribution in [0.1, 0.15) is 6.92 Å². The number of carbonyl (C=O) groups is 3. The van der Waals surface area contributed by atoms with Gasteiger partial charge in [-0.3, -0.25) is 9.35 Å². The first kappa shape index (κ1) is 43.0. The molecule has 4 aliphatic heterocycles. The van der Waals surface area contributed by atoms with Crippen LogP contribution in [-0.2, 0) is 57.8 Å². The predicted molar refractivity (Wildman–Crippen MR) is 157 cm³/mol. The van der Waals surface area contributed by atoms with E-state index in [1.165, 1.54) is 4.72 Å². The van der Waals surface area contributed by atoms with Crippen molar-refractivity contribution in [1.29, 1.82) is 0 Å². The molecule has 0 aromatic heterocycles. The molecule has 0 aliphatic carbocycles. The smallest absolute Gasteiger partial charge is 0.371 e. The van der Waals surface area contributed by atoms with Gasteiger partial charge < -0.3 is 94.6 Å². The van der Waals surface area contributed by atoms with Gasteiger partial charge in [0, 0.05) is 6.92 Å². The van der Waals surface area contributed by atoms with Crippen molar-refractivity contribution in [2.75, 3.05) is 13.2 Å². The van der Waals surface area contributed by atoms with Crippen LogP contribution < -0.4 is 10.0 Å². The number of ether oxygens (including phenoxy) is 7. The van der Waals surface area contributed by atoms with Gasteiger partial charge in [0.2, 0.25) is 18.0 Å². The molecular formula is C26H40N2O24S. The fraction of sp³-hybridized carbons (Fsp3) is 0.808. The quantitative estimate of drug-likeness (QED) is 0.0769. The van der Waals surface area contributed by atoms with Gasteiger partial charge in [-0.05, 0) is 6.08 Å². The van der Waals surface area contributed by atoms with E-state index in [4.69, 9.17) is 33.2 Å². The van der Waals surface area contributed by atoms with Gasteiger partial charge in [-0.2, -0.15) is 13.1 Å². The molecule has 0 aromatic carbocycles. The first-order chi connectivity index (χ1) is 24.7. The zero-order chi connectivity index (χ0) is 39.7. The number of aliphatic hydroxyl groups excluding tert-OH is 9. The Bertz CT molecular complexity index is 1450. The molecule has 0 spiro atoms. The lowest BCUT2D eigenvalue weighted by Crippen LogP contribution is -2.70. The zero-order valence-corrected chi connectivity index (χ0v) is 27.9.